The van der Waals surface area contributed by atoms with Crippen LogP contribution in [0.15, 0.2) is 48.6 Å². The van der Waals surface area contributed by atoms with Gasteiger partial charge in [-0.05, 0) is 105 Å². The molecule has 0 saturated carbocycles. The van der Waals surface area contributed by atoms with Crippen molar-refractivity contribution >= 4 is 0 Å². The highest BCUT2D eigenvalue weighted by Crippen LogP contribution is 2.38. The summed E-state index contributed by atoms with van der Waals surface area (Å²) in [5, 5.41) is 0. The molecule has 0 bridgehead atoms. The number of allylic oxidation sites excluding steroid dienone is 8. The molecule has 0 amide bonds. The van der Waals surface area contributed by atoms with Crippen molar-refractivity contribution in [1.29, 1.82) is 0 Å². The van der Waals surface area contributed by atoms with Crippen LogP contribution in [-0.2, 0) is 9.47 Å². The third kappa shape index (κ3) is 27.2. The molecule has 1 heterocycles. The summed E-state index contributed by atoms with van der Waals surface area (Å²) in [6, 6.07) is 0. The first-order chi connectivity index (χ1) is 23.9. The zero-order valence-corrected chi connectivity index (χ0v) is 33.8. The molecule has 1 rings (SSSR count). The van der Waals surface area contributed by atoms with E-state index in [0.29, 0.717) is 0 Å². The molecule has 0 aromatic rings. The van der Waals surface area contributed by atoms with Crippen molar-refractivity contribution in [2.45, 2.75) is 199 Å². The Balaban J connectivity index is 2.34. The molecule has 0 aromatic heterocycles. The maximum atomic E-state index is 6.91. The average molecular weight is 685 g/mol. The second kappa shape index (κ2) is 32.7. The summed E-state index contributed by atoms with van der Waals surface area (Å²) in [7, 11) is 8.61. The predicted octanol–water partition coefficient (Wildman–Crippen LogP) is 13.0. The van der Waals surface area contributed by atoms with Gasteiger partial charge in [0.15, 0.2) is 5.79 Å². The lowest BCUT2D eigenvalue weighted by molar-refractivity contribution is -0.187. The minimum atomic E-state index is -0.397. The van der Waals surface area contributed by atoms with E-state index in [2.05, 4.69) is 100 Å². The van der Waals surface area contributed by atoms with Gasteiger partial charge in [-0.3, -0.25) is 0 Å². The Bertz CT molecular complexity index is 762. The Labute approximate surface area is 307 Å². The van der Waals surface area contributed by atoms with Crippen LogP contribution in [0, 0.1) is 0 Å². The van der Waals surface area contributed by atoms with Gasteiger partial charge < -0.3 is 19.3 Å². The molecule has 0 radical (unpaired) electrons. The first-order valence-electron chi connectivity index (χ1n) is 21.2. The number of unbranched alkanes of at least 4 members (excludes halogenated alkanes) is 18. The van der Waals surface area contributed by atoms with Crippen LogP contribution < -0.4 is 0 Å². The van der Waals surface area contributed by atoms with Gasteiger partial charge in [-0.2, -0.15) is 0 Å². The fourth-order valence-electron chi connectivity index (χ4n) is 6.89. The fraction of sp³-hybridized carbons (Fsp3) is 0.822. The number of rotatable bonds is 34. The minimum Gasteiger partial charge on any atom is -0.343 e. The van der Waals surface area contributed by atoms with Gasteiger partial charge in [-0.25, -0.2) is 0 Å². The van der Waals surface area contributed by atoms with E-state index in [4.69, 9.17) is 9.47 Å². The van der Waals surface area contributed by atoms with Crippen LogP contribution >= 0.6 is 0 Å². The van der Waals surface area contributed by atoms with Gasteiger partial charge in [-0.15, -0.1) is 0 Å². The molecule has 1 fully saturated rings. The summed E-state index contributed by atoms with van der Waals surface area (Å²) >= 11 is 0. The summed E-state index contributed by atoms with van der Waals surface area (Å²) in [6.07, 6.45) is 52.0. The Morgan fingerprint density at radius 1 is 0.408 bits per heavy atom. The van der Waals surface area contributed by atoms with Crippen LogP contribution in [0.4, 0.5) is 0 Å². The van der Waals surface area contributed by atoms with Gasteiger partial charge in [0.25, 0.3) is 0 Å². The van der Waals surface area contributed by atoms with Gasteiger partial charge in [-0.1, -0.05) is 140 Å². The van der Waals surface area contributed by atoms with E-state index >= 15 is 0 Å². The lowest BCUT2D eigenvalue weighted by Gasteiger charge is -2.29. The van der Waals surface area contributed by atoms with Crippen LogP contribution in [-0.4, -0.2) is 69.1 Å². The molecule has 0 unspecified atom stereocenters. The van der Waals surface area contributed by atoms with Gasteiger partial charge in [0.2, 0.25) is 0 Å². The fourth-order valence-corrected chi connectivity index (χ4v) is 6.89. The topological polar surface area (TPSA) is 24.9 Å². The van der Waals surface area contributed by atoms with Gasteiger partial charge >= 0.3 is 0 Å². The molecule has 1 aliphatic heterocycles. The van der Waals surface area contributed by atoms with Crippen LogP contribution in [0.3, 0.4) is 0 Å². The minimum absolute atomic E-state index is 0.145. The summed E-state index contributed by atoms with van der Waals surface area (Å²) < 4.78 is 13.8. The monoisotopic (exact) mass is 685 g/mol. The third-order valence-electron chi connectivity index (χ3n) is 9.75. The number of nitrogens with zero attached hydrogens (tertiary/aromatic N) is 2. The molecular formula is C45H84N2O2. The van der Waals surface area contributed by atoms with Crippen molar-refractivity contribution in [2.75, 3.05) is 41.3 Å². The lowest BCUT2D eigenvalue weighted by Crippen LogP contribution is -2.39. The normalized spacial score (nSPS) is 18.3. The van der Waals surface area contributed by atoms with Gasteiger partial charge in [0.05, 0.1) is 0 Å². The van der Waals surface area contributed by atoms with Crippen molar-refractivity contribution in [1.82, 2.24) is 9.80 Å². The highest BCUT2D eigenvalue weighted by Gasteiger charge is 2.46. The SMILES string of the molecule is CCCCCC=CCC=CCCCCCCCCC1(CCCCCCCCC=CCC=CCCCCC)O[C@H](CN(C)C)[C@@H](CN(C)C)O1. The molecule has 1 saturated heterocycles. The van der Waals surface area contributed by atoms with Crippen LogP contribution in [0.25, 0.3) is 0 Å². The maximum absolute atomic E-state index is 6.91. The van der Waals surface area contributed by atoms with E-state index in [9.17, 15) is 0 Å². The molecule has 0 spiro atoms. The van der Waals surface area contributed by atoms with E-state index in [1.54, 1.807) is 0 Å². The number of hydrogen-bond acceptors (Lipinski definition) is 4. The zero-order valence-electron chi connectivity index (χ0n) is 33.8. The molecule has 2 atom stereocenters. The van der Waals surface area contributed by atoms with Gasteiger partial charge in [0, 0.05) is 25.9 Å². The summed E-state index contributed by atoms with van der Waals surface area (Å²) in [6.45, 7) is 6.39. The Morgan fingerprint density at radius 2 is 0.714 bits per heavy atom. The molecule has 1 aliphatic rings. The second-order valence-electron chi connectivity index (χ2n) is 15.4. The number of hydrogen-bond donors (Lipinski definition) is 0. The van der Waals surface area contributed by atoms with Crippen molar-refractivity contribution in [3.63, 3.8) is 0 Å². The van der Waals surface area contributed by atoms with Crippen LogP contribution in [0.5, 0.6) is 0 Å². The molecule has 4 heteroatoms. The first-order valence-corrected chi connectivity index (χ1v) is 21.2. The van der Waals surface area contributed by atoms with E-state index < -0.39 is 5.79 Å². The standard InChI is InChI=1S/C45H84N2O2/c1-7-9-11-13-15-17-19-21-23-25-27-29-31-33-35-37-39-45(48-43(41-46(3)4)44(49-45)42-47(5)6)40-38-36-34-32-30-28-26-24-22-20-18-16-14-12-10-8-2/h15-18,21-24,43-44H,7-14,19-20,25-42H2,1-6H3/t43-,44-/m1/s1. The number of likely N-dealkylation sites (N-methyl/N-ethyl adjacent to an activating group) is 2. The molecule has 0 N–H and O–H groups in total. The van der Waals surface area contributed by atoms with Gasteiger partial charge in [0.1, 0.15) is 12.2 Å². The molecular weight excluding hydrogens is 601 g/mol. The van der Waals surface area contributed by atoms with Crippen LogP contribution in [0.1, 0.15) is 181 Å². The molecule has 0 aliphatic carbocycles. The summed E-state index contributed by atoms with van der Waals surface area (Å²) in [5.41, 5.74) is 0. The van der Waals surface area contributed by atoms with E-state index in [1.807, 2.05) is 0 Å². The highest BCUT2D eigenvalue weighted by molar-refractivity contribution is 4.94. The second-order valence-corrected chi connectivity index (χ2v) is 15.4. The molecule has 286 valence electrons. The first kappa shape index (κ1) is 45.8. The Morgan fingerprint density at radius 3 is 1.04 bits per heavy atom. The van der Waals surface area contributed by atoms with E-state index in [0.717, 1.165) is 38.8 Å². The van der Waals surface area contributed by atoms with Crippen molar-refractivity contribution in [2.24, 2.45) is 0 Å². The molecule has 49 heavy (non-hydrogen) atoms. The molecule has 0 aromatic carbocycles. The van der Waals surface area contributed by atoms with Crippen LogP contribution in [0.2, 0.25) is 0 Å². The highest BCUT2D eigenvalue weighted by atomic mass is 16.8. The summed E-state index contributed by atoms with van der Waals surface area (Å²) in [5.74, 6) is -0.397. The van der Waals surface area contributed by atoms with E-state index in [1.165, 1.54) is 141 Å². The Hall–Kier alpha value is -1.20. The van der Waals surface area contributed by atoms with Crippen molar-refractivity contribution in [3.8, 4) is 0 Å². The lowest BCUT2D eigenvalue weighted by atomic mass is 9.98. The van der Waals surface area contributed by atoms with Crippen molar-refractivity contribution in [3.05, 3.63) is 48.6 Å². The Kier molecular flexibility index (Phi) is 30.6. The van der Waals surface area contributed by atoms with Crippen molar-refractivity contribution < 1.29 is 9.47 Å². The number of ether oxygens (including phenoxy) is 2. The zero-order chi connectivity index (χ0) is 35.7. The van der Waals surface area contributed by atoms with E-state index in [-0.39, 0.29) is 12.2 Å². The smallest absolute Gasteiger partial charge is 0.169 e. The average Bonchev–Trinajstić information content (AvgIpc) is 3.39. The molecule has 4 nitrogen and oxygen atoms in total. The predicted molar refractivity (Wildman–Crippen MR) is 218 cm³/mol. The quantitative estimate of drug-likeness (QED) is 0.0497. The maximum Gasteiger partial charge on any atom is 0.169 e. The largest absolute Gasteiger partial charge is 0.343 e. The third-order valence-corrected chi connectivity index (χ3v) is 9.75. The summed E-state index contributed by atoms with van der Waals surface area (Å²) in [4.78, 5) is 4.52.